The number of Topliss-reactive ketones (excluding diaryl/α,β-unsaturated/α-hetero) is 1. The van der Waals surface area contributed by atoms with Crippen LogP contribution in [0.4, 0.5) is 5.82 Å². The minimum Gasteiger partial charge on any atom is -0.367 e. The summed E-state index contributed by atoms with van der Waals surface area (Å²) in [5, 5.41) is 3.54. The molecule has 0 aliphatic heterocycles. The Morgan fingerprint density at radius 2 is 2.00 bits per heavy atom. The van der Waals surface area contributed by atoms with Crippen molar-refractivity contribution < 1.29 is 4.79 Å². The summed E-state index contributed by atoms with van der Waals surface area (Å²) in [4.78, 5) is 25.6. The molecule has 0 bridgehead atoms. The van der Waals surface area contributed by atoms with Crippen LogP contribution in [0.5, 0.6) is 0 Å². The van der Waals surface area contributed by atoms with Gasteiger partial charge in [-0.15, -0.1) is 0 Å². The fourth-order valence-corrected chi connectivity index (χ4v) is 4.41. The normalized spacial score (nSPS) is 20.1. The number of pyridine rings is 1. The molecule has 5 heteroatoms. The molecule has 0 amide bonds. The van der Waals surface area contributed by atoms with Gasteiger partial charge in [-0.2, -0.15) is 0 Å². The van der Waals surface area contributed by atoms with Gasteiger partial charge in [0.15, 0.2) is 5.78 Å². The Bertz CT molecular complexity index is 814. The van der Waals surface area contributed by atoms with E-state index in [0.29, 0.717) is 17.5 Å². The van der Waals surface area contributed by atoms with Crippen molar-refractivity contribution in [3.63, 3.8) is 0 Å². The molecule has 1 saturated carbocycles. The van der Waals surface area contributed by atoms with Crippen molar-refractivity contribution in [2.45, 2.75) is 70.8 Å². The van der Waals surface area contributed by atoms with Crippen molar-refractivity contribution >= 4 is 11.6 Å². The van der Waals surface area contributed by atoms with E-state index in [1.807, 2.05) is 12.4 Å². The monoisotopic (exact) mass is 364 g/mol. The van der Waals surface area contributed by atoms with Gasteiger partial charge in [-0.3, -0.25) is 9.78 Å². The fourth-order valence-electron chi connectivity index (χ4n) is 4.41. The highest BCUT2D eigenvalue weighted by atomic mass is 16.1. The standard InChI is InChI=1S/C22H28N4O/c1-15(27)20-14-24-21(26-22(20)25-19-5-3-2-4-6-19)12-16-7-8-18-13-23-10-9-17(18)11-16/h9-10,13-14,16,19H,2-8,11-12H2,1H3,(H,24,25,26)/t16-/m1/s1. The first kappa shape index (κ1) is 18.1. The SMILES string of the molecule is CC(=O)c1cnc(C[C@@H]2CCc3cnccc3C2)nc1NC1CCCCC1. The largest absolute Gasteiger partial charge is 0.367 e. The smallest absolute Gasteiger partial charge is 0.165 e. The van der Waals surface area contributed by atoms with Crippen LogP contribution in [0.15, 0.2) is 24.7 Å². The van der Waals surface area contributed by atoms with E-state index in [2.05, 4.69) is 21.4 Å². The second kappa shape index (κ2) is 8.15. The number of hydrogen-bond acceptors (Lipinski definition) is 5. The molecule has 2 heterocycles. The lowest BCUT2D eigenvalue weighted by molar-refractivity contribution is 0.101. The Morgan fingerprint density at radius 3 is 2.81 bits per heavy atom. The summed E-state index contributed by atoms with van der Waals surface area (Å²) >= 11 is 0. The van der Waals surface area contributed by atoms with E-state index in [1.54, 1.807) is 13.1 Å². The molecular formula is C22H28N4O. The molecule has 4 rings (SSSR count). The van der Waals surface area contributed by atoms with Gasteiger partial charge in [-0.25, -0.2) is 9.97 Å². The van der Waals surface area contributed by atoms with Crippen molar-refractivity contribution in [3.05, 3.63) is 47.2 Å². The molecule has 0 radical (unpaired) electrons. The molecule has 2 aromatic rings. The van der Waals surface area contributed by atoms with Crippen LogP contribution in [0.2, 0.25) is 0 Å². The Balaban J connectivity index is 1.49. The second-order valence-corrected chi connectivity index (χ2v) is 8.04. The minimum absolute atomic E-state index is 0.0268. The lowest BCUT2D eigenvalue weighted by Crippen LogP contribution is -2.25. The predicted octanol–water partition coefficient (Wildman–Crippen LogP) is 4.17. The maximum atomic E-state index is 12.0. The van der Waals surface area contributed by atoms with Crippen molar-refractivity contribution in [2.75, 3.05) is 5.32 Å². The number of aryl methyl sites for hydroxylation is 1. The number of carbonyl (C=O) groups excluding carboxylic acids is 1. The molecule has 27 heavy (non-hydrogen) atoms. The van der Waals surface area contributed by atoms with Gasteiger partial charge in [0.1, 0.15) is 11.6 Å². The number of nitrogens with one attached hydrogen (secondary N) is 1. The maximum Gasteiger partial charge on any atom is 0.165 e. The van der Waals surface area contributed by atoms with Gasteiger partial charge in [0, 0.05) is 31.1 Å². The summed E-state index contributed by atoms with van der Waals surface area (Å²) in [5.41, 5.74) is 3.40. The van der Waals surface area contributed by atoms with Crippen LogP contribution < -0.4 is 5.32 Å². The number of hydrogen-bond donors (Lipinski definition) is 1. The molecule has 5 nitrogen and oxygen atoms in total. The molecule has 0 spiro atoms. The number of carbonyl (C=O) groups is 1. The number of anilines is 1. The molecule has 2 aliphatic carbocycles. The van der Waals surface area contributed by atoms with Crippen molar-refractivity contribution in [1.82, 2.24) is 15.0 Å². The van der Waals surface area contributed by atoms with Crippen LogP contribution in [-0.2, 0) is 19.3 Å². The second-order valence-electron chi connectivity index (χ2n) is 8.04. The van der Waals surface area contributed by atoms with E-state index in [9.17, 15) is 4.79 Å². The van der Waals surface area contributed by atoms with E-state index in [1.165, 1.54) is 30.4 Å². The van der Waals surface area contributed by atoms with E-state index in [0.717, 1.165) is 50.2 Å². The maximum absolute atomic E-state index is 12.0. The number of rotatable bonds is 5. The summed E-state index contributed by atoms with van der Waals surface area (Å²) in [6, 6.07) is 2.56. The zero-order chi connectivity index (χ0) is 18.6. The van der Waals surface area contributed by atoms with Crippen LogP contribution in [0.25, 0.3) is 0 Å². The number of fused-ring (bicyclic) bond motifs is 1. The van der Waals surface area contributed by atoms with Crippen LogP contribution in [0, 0.1) is 5.92 Å². The summed E-state index contributed by atoms with van der Waals surface area (Å²) in [7, 11) is 0. The molecular weight excluding hydrogens is 336 g/mol. The zero-order valence-electron chi connectivity index (χ0n) is 16.1. The first-order chi connectivity index (χ1) is 13.2. The molecule has 1 fully saturated rings. The molecule has 2 aromatic heterocycles. The Labute approximate surface area is 161 Å². The number of ketones is 1. The molecule has 1 N–H and O–H groups in total. The van der Waals surface area contributed by atoms with Gasteiger partial charge in [0.05, 0.1) is 5.56 Å². The number of nitrogens with zero attached hydrogens (tertiary/aromatic N) is 3. The lowest BCUT2D eigenvalue weighted by atomic mass is 9.83. The summed E-state index contributed by atoms with van der Waals surface area (Å²) in [5.74, 6) is 2.16. The van der Waals surface area contributed by atoms with E-state index >= 15 is 0 Å². The lowest BCUT2D eigenvalue weighted by Gasteiger charge is -2.25. The topological polar surface area (TPSA) is 67.8 Å². The Morgan fingerprint density at radius 1 is 1.15 bits per heavy atom. The molecule has 2 aliphatic rings. The average molecular weight is 364 g/mol. The third-order valence-electron chi connectivity index (χ3n) is 5.97. The first-order valence-corrected chi connectivity index (χ1v) is 10.2. The van der Waals surface area contributed by atoms with Crippen LogP contribution >= 0.6 is 0 Å². The van der Waals surface area contributed by atoms with Gasteiger partial charge in [0.2, 0.25) is 0 Å². The average Bonchev–Trinajstić information content (AvgIpc) is 2.69. The highest BCUT2D eigenvalue weighted by Crippen LogP contribution is 2.28. The number of aromatic nitrogens is 3. The first-order valence-electron chi connectivity index (χ1n) is 10.2. The molecule has 1 atom stereocenters. The predicted molar refractivity (Wildman–Crippen MR) is 106 cm³/mol. The molecule has 0 saturated heterocycles. The zero-order valence-corrected chi connectivity index (χ0v) is 16.1. The van der Waals surface area contributed by atoms with Crippen LogP contribution in [0.3, 0.4) is 0 Å². The fraction of sp³-hybridized carbons (Fsp3) is 0.545. The Kier molecular flexibility index (Phi) is 5.46. The molecule has 0 aromatic carbocycles. The summed E-state index contributed by atoms with van der Waals surface area (Å²) < 4.78 is 0. The van der Waals surface area contributed by atoms with E-state index in [4.69, 9.17) is 4.98 Å². The van der Waals surface area contributed by atoms with Gasteiger partial charge in [-0.05, 0) is 62.1 Å². The highest BCUT2D eigenvalue weighted by Gasteiger charge is 2.22. The van der Waals surface area contributed by atoms with Crippen molar-refractivity contribution in [1.29, 1.82) is 0 Å². The minimum atomic E-state index is 0.0268. The third kappa shape index (κ3) is 4.34. The van der Waals surface area contributed by atoms with Crippen molar-refractivity contribution in [2.24, 2.45) is 5.92 Å². The van der Waals surface area contributed by atoms with Crippen molar-refractivity contribution in [3.8, 4) is 0 Å². The summed E-state index contributed by atoms with van der Waals surface area (Å²) in [6.45, 7) is 1.59. The van der Waals surface area contributed by atoms with Crippen LogP contribution in [0.1, 0.15) is 72.8 Å². The quantitative estimate of drug-likeness (QED) is 0.807. The molecule has 142 valence electrons. The van der Waals surface area contributed by atoms with Gasteiger partial charge >= 0.3 is 0 Å². The van der Waals surface area contributed by atoms with E-state index < -0.39 is 0 Å². The highest BCUT2D eigenvalue weighted by molar-refractivity contribution is 5.98. The summed E-state index contributed by atoms with van der Waals surface area (Å²) in [6.07, 6.45) is 15.9. The van der Waals surface area contributed by atoms with Gasteiger partial charge < -0.3 is 5.32 Å². The molecule has 0 unspecified atom stereocenters. The third-order valence-corrected chi connectivity index (χ3v) is 5.97. The van der Waals surface area contributed by atoms with Gasteiger partial charge in [0.25, 0.3) is 0 Å². The van der Waals surface area contributed by atoms with Crippen LogP contribution in [-0.4, -0.2) is 26.8 Å². The van der Waals surface area contributed by atoms with Gasteiger partial charge in [-0.1, -0.05) is 19.3 Å². The van der Waals surface area contributed by atoms with E-state index in [-0.39, 0.29) is 5.78 Å². The Hall–Kier alpha value is -2.30.